The van der Waals surface area contributed by atoms with E-state index in [-0.39, 0.29) is 0 Å². The quantitative estimate of drug-likeness (QED) is 0.554. The van der Waals surface area contributed by atoms with Crippen LogP contribution in [0.2, 0.25) is 0 Å². The van der Waals surface area contributed by atoms with Gasteiger partial charge in [0.1, 0.15) is 11.5 Å². The highest BCUT2D eigenvalue weighted by Crippen LogP contribution is 2.30. The molecule has 0 aliphatic rings. The van der Waals surface area contributed by atoms with E-state index < -0.39 is 0 Å². The van der Waals surface area contributed by atoms with Crippen LogP contribution in [0.25, 0.3) is 0 Å². The van der Waals surface area contributed by atoms with E-state index in [9.17, 15) is 0 Å². The molecule has 0 atom stereocenters. The zero-order valence-corrected chi connectivity index (χ0v) is 12.7. The van der Waals surface area contributed by atoms with Crippen LogP contribution in [0.1, 0.15) is 58.4 Å². The molecule has 1 aromatic rings. The highest BCUT2D eigenvalue weighted by atomic mass is 16.5. The van der Waals surface area contributed by atoms with E-state index in [1.165, 1.54) is 5.56 Å². The summed E-state index contributed by atoms with van der Waals surface area (Å²) in [5, 5.41) is 0. The molecule has 0 aliphatic carbocycles. The third-order valence-electron chi connectivity index (χ3n) is 3.10. The number of rotatable bonds is 10. The molecular weight excluding hydrogens is 236 g/mol. The number of ether oxygens (including phenoxy) is 2. The lowest BCUT2D eigenvalue weighted by molar-refractivity contribution is 0.288. The molecule has 0 aromatic heterocycles. The van der Waals surface area contributed by atoms with Crippen molar-refractivity contribution in [2.45, 2.75) is 59.3 Å². The Bertz CT molecular complexity index is 319. The molecule has 0 unspecified atom stereocenters. The van der Waals surface area contributed by atoms with Crippen molar-refractivity contribution >= 4 is 0 Å². The second-order valence-electron chi connectivity index (χ2n) is 4.89. The Morgan fingerprint density at radius 2 is 1.32 bits per heavy atom. The normalized spacial score (nSPS) is 10.5. The fourth-order valence-electron chi connectivity index (χ4n) is 1.97. The Balaban J connectivity index is 2.74. The molecule has 0 amide bonds. The van der Waals surface area contributed by atoms with Crippen molar-refractivity contribution in [2.75, 3.05) is 13.2 Å². The van der Waals surface area contributed by atoms with Gasteiger partial charge in [0.05, 0.1) is 13.2 Å². The predicted molar refractivity (Wildman–Crippen MR) is 81.2 cm³/mol. The summed E-state index contributed by atoms with van der Waals surface area (Å²) in [7, 11) is 0. The first kappa shape index (κ1) is 15.9. The molecule has 1 rings (SSSR count). The molecule has 0 saturated heterocycles. The molecule has 108 valence electrons. The molecule has 0 radical (unpaired) electrons. The summed E-state index contributed by atoms with van der Waals surface area (Å²) >= 11 is 0. The van der Waals surface area contributed by atoms with Crippen LogP contribution in [0, 0.1) is 0 Å². The number of hydrogen-bond donors (Lipinski definition) is 0. The Hall–Kier alpha value is -1.18. The van der Waals surface area contributed by atoms with Crippen molar-refractivity contribution < 1.29 is 9.47 Å². The molecule has 0 N–H and O–H groups in total. The first-order chi connectivity index (χ1) is 9.33. The number of unbranched alkanes of at least 4 members (excludes halogenated alkanes) is 2. The molecule has 0 bridgehead atoms. The average Bonchev–Trinajstić information content (AvgIpc) is 2.42. The fourth-order valence-corrected chi connectivity index (χ4v) is 1.97. The van der Waals surface area contributed by atoms with Gasteiger partial charge in [-0.3, -0.25) is 0 Å². The first-order valence-electron chi connectivity index (χ1n) is 7.70. The Labute approximate surface area is 118 Å². The van der Waals surface area contributed by atoms with Crippen LogP contribution in [0.15, 0.2) is 18.2 Å². The van der Waals surface area contributed by atoms with Crippen molar-refractivity contribution in [1.29, 1.82) is 0 Å². The summed E-state index contributed by atoms with van der Waals surface area (Å²) < 4.78 is 11.8. The third kappa shape index (κ3) is 5.54. The summed E-state index contributed by atoms with van der Waals surface area (Å²) in [6.45, 7) is 8.15. The van der Waals surface area contributed by atoms with Crippen LogP contribution >= 0.6 is 0 Å². The average molecular weight is 264 g/mol. The second kappa shape index (κ2) is 9.71. The topological polar surface area (TPSA) is 18.5 Å². The molecule has 0 saturated carbocycles. The lowest BCUT2D eigenvalue weighted by Gasteiger charge is -2.15. The van der Waals surface area contributed by atoms with Crippen molar-refractivity contribution in [3.8, 4) is 11.5 Å². The van der Waals surface area contributed by atoms with E-state index in [0.717, 1.165) is 63.2 Å². The Morgan fingerprint density at radius 3 is 1.74 bits per heavy atom. The van der Waals surface area contributed by atoms with Crippen molar-refractivity contribution in [1.82, 2.24) is 0 Å². The zero-order valence-electron chi connectivity index (χ0n) is 12.7. The summed E-state index contributed by atoms with van der Waals surface area (Å²) in [4.78, 5) is 0. The van der Waals surface area contributed by atoms with Gasteiger partial charge in [0, 0.05) is 5.56 Å². The van der Waals surface area contributed by atoms with Gasteiger partial charge in [-0.2, -0.15) is 0 Å². The molecule has 0 heterocycles. The molecule has 1 aromatic carbocycles. The second-order valence-corrected chi connectivity index (χ2v) is 4.89. The minimum absolute atomic E-state index is 0.797. The standard InChI is InChI=1S/C17H28O2/c1-4-7-13-18-16-11-9-12-17(15(16)10-6-3)19-14-8-5-2/h9,11-12H,4-8,10,13-14H2,1-3H3. The largest absolute Gasteiger partial charge is 0.493 e. The Kier molecular flexibility index (Phi) is 8.11. The number of benzene rings is 1. The van der Waals surface area contributed by atoms with E-state index in [2.05, 4.69) is 32.9 Å². The molecular formula is C17H28O2. The van der Waals surface area contributed by atoms with Gasteiger partial charge in [-0.05, 0) is 31.4 Å². The maximum atomic E-state index is 5.90. The maximum Gasteiger partial charge on any atom is 0.126 e. The van der Waals surface area contributed by atoms with E-state index >= 15 is 0 Å². The minimum Gasteiger partial charge on any atom is -0.493 e. The highest BCUT2D eigenvalue weighted by Gasteiger charge is 2.10. The van der Waals surface area contributed by atoms with Gasteiger partial charge in [-0.1, -0.05) is 46.1 Å². The van der Waals surface area contributed by atoms with Gasteiger partial charge in [-0.25, -0.2) is 0 Å². The summed E-state index contributed by atoms with van der Waals surface area (Å²) in [6.07, 6.45) is 6.66. The van der Waals surface area contributed by atoms with Crippen LogP contribution in [0.3, 0.4) is 0 Å². The third-order valence-corrected chi connectivity index (χ3v) is 3.10. The molecule has 0 fully saturated rings. The minimum atomic E-state index is 0.797. The number of hydrogen-bond acceptors (Lipinski definition) is 2. The summed E-state index contributed by atoms with van der Waals surface area (Å²) in [5.74, 6) is 2.01. The van der Waals surface area contributed by atoms with E-state index in [4.69, 9.17) is 9.47 Å². The van der Waals surface area contributed by atoms with Gasteiger partial charge < -0.3 is 9.47 Å². The van der Waals surface area contributed by atoms with Gasteiger partial charge in [-0.15, -0.1) is 0 Å². The van der Waals surface area contributed by atoms with Crippen LogP contribution in [0.5, 0.6) is 11.5 Å². The fraction of sp³-hybridized carbons (Fsp3) is 0.647. The summed E-state index contributed by atoms with van der Waals surface area (Å²) in [5.41, 5.74) is 1.23. The molecule has 0 spiro atoms. The van der Waals surface area contributed by atoms with E-state index in [0.29, 0.717) is 0 Å². The van der Waals surface area contributed by atoms with Gasteiger partial charge in [0.2, 0.25) is 0 Å². The van der Waals surface area contributed by atoms with Gasteiger partial charge in [0.15, 0.2) is 0 Å². The summed E-state index contributed by atoms with van der Waals surface area (Å²) in [6, 6.07) is 6.16. The first-order valence-corrected chi connectivity index (χ1v) is 7.70. The zero-order chi connectivity index (χ0) is 13.9. The highest BCUT2D eigenvalue weighted by molar-refractivity contribution is 5.44. The van der Waals surface area contributed by atoms with Crippen molar-refractivity contribution in [3.63, 3.8) is 0 Å². The lowest BCUT2D eigenvalue weighted by Crippen LogP contribution is -2.04. The molecule has 2 nitrogen and oxygen atoms in total. The predicted octanol–water partition coefficient (Wildman–Crippen LogP) is 5.00. The van der Waals surface area contributed by atoms with Crippen LogP contribution in [-0.4, -0.2) is 13.2 Å². The SMILES string of the molecule is CCCCOc1cccc(OCCCC)c1CCC. The molecule has 19 heavy (non-hydrogen) atoms. The van der Waals surface area contributed by atoms with Gasteiger partial charge >= 0.3 is 0 Å². The van der Waals surface area contributed by atoms with Crippen molar-refractivity contribution in [2.24, 2.45) is 0 Å². The molecule has 2 heteroatoms. The van der Waals surface area contributed by atoms with Crippen LogP contribution in [0.4, 0.5) is 0 Å². The van der Waals surface area contributed by atoms with Crippen molar-refractivity contribution in [3.05, 3.63) is 23.8 Å². The Morgan fingerprint density at radius 1 is 0.789 bits per heavy atom. The molecule has 0 aliphatic heterocycles. The van der Waals surface area contributed by atoms with E-state index in [1.54, 1.807) is 0 Å². The maximum absolute atomic E-state index is 5.90. The van der Waals surface area contributed by atoms with E-state index in [1.807, 2.05) is 6.07 Å². The monoisotopic (exact) mass is 264 g/mol. The van der Waals surface area contributed by atoms with Crippen LogP contribution in [-0.2, 0) is 6.42 Å². The van der Waals surface area contributed by atoms with Crippen LogP contribution < -0.4 is 9.47 Å². The smallest absolute Gasteiger partial charge is 0.126 e. The van der Waals surface area contributed by atoms with Gasteiger partial charge in [0.25, 0.3) is 0 Å². The lowest BCUT2D eigenvalue weighted by atomic mass is 10.1.